The fourth-order valence-corrected chi connectivity index (χ4v) is 3.91. The molecule has 2 fully saturated rings. The van der Waals surface area contributed by atoms with Crippen LogP contribution in [-0.2, 0) is 19.2 Å². The van der Waals surface area contributed by atoms with Gasteiger partial charge in [-0.1, -0.05) is 30.3 Å². The highest BCUT2D eigenvalue weighted by Gasteiger charge is 2.38. The van der Waals surface area contributed by atoms with Gasteiger partial charge in [0.05, 0.1) is 0 Å². The number of ketones is 1. The molecular weight excluding hydrogens is 358 g/mol. The number of carbonyl (C=O) groups is 4. The van der Waals surface area contributed by atoms with Gasteiger partial charge in [-0.3, -0.25) is 19.2 Å². The van der Waals surface area contributed by atoms with E-state index in [0.717, 1.165) is 12.8 Å². The van der Waals surface area contributed by atoms with E-state index in [1.807, 2.05) is 18.2 Å². The normalized spacial score (nSPS) is 20.4. The third kappa shape index (κ3) is 4.77. The van der Waals surface area contributed by atoms with Gasteiger partial charge < -0.3 is 15.5 Å². The molecule has 2 atom stereocenters. The zero-order valence-electron chi connectivity index (χ0n) is 16.1. The van der Waals surface area contributed by atoms with E-state index >= 15 is 0 Å². The molecule has 7 heteroatoms. The quantitative estimate of drug-likeness (QED) is 0.740. The maximum Gasteiger partial charge on any atom is 0.250 e. The number of benzene rings is 1. The van der Waals surface area contributed by atoms with Crippen LogP contribution >= 0.6 is 0 Å². The first kappa shape index (κ1) is 20.0. The second-order valence-electron chi connectivity index (χ2n) is 7.63. The maximum atomic E-state index is 13.2. The average molecular weight is 385 g/mol. The summed E-state index contributed by atoms with van der Waals surface area (Å²) in [5.74, 6) is -0.0580. The van der Waals surface area contributed by atoms with Crippen molar-refractivity contribution in [1.29, 1.82) is 0 Å². The minimum Gasteiger partial charge on any atom is -0.354 e. The lowest BCUT2D eigenvalue weighted by molar-refractivity contribution is -0.141. The highest BCUT2D eigenvalue weighted by Crippen LogP contribution is 2.26. The topological polar surface area (TPSA) is 95.6 Å². The van der Waals surface area contributed by atoms with Crippen LogP contribution in [0.5, 0.6) is 0 Å². The van der Waals surface area contributed by atoms with Crippen molar-refractivity contribution >= 4 is 23.5 Å². The monoisotopic (exact) mass is 385 g/mol. The SMILES string of the molecule is CC(=O)NC(C(=O)N1CCCC1C(=O)NCCC1CC(=O)C1)c1ccccc1. The lowest BCUT2D eigenvalue weighted by Crippen LogP contribution is -2.50. The van der Waals surface area contributed by atoms with E-state index in [-0.39, 0.29) is 23.5 Å². The van der Waals surface area contributed by atoms with Gasteiger partial charge in [-0.05, 0) is 30.7 Å². The summed E-state index contributed by atoms with van der Waals surface area (Å²) in [6.45, 7) is 2.39. The van der Waals surface area contributed by atoms with E-state index in [4.69, 9.17) is 0 Å². The van der Waals surface area contributed by atoms with E-state index in [2.05, 4.69) is 10.6 Å². The first-order valence-electron chi connectivity index (χ1n) is 9.87. The van der Waals surface area contributed by atoms with Crippen LogP contribution in [0.25, 0.3) is 0 Å². The number of nitrogens with one attached hydrogen (secondary N) is 2. The Morgan fingerprint density at radius 3 is 2.54 bits per heavy atom. The van der Waals surface area contributed by atoms with Crippen LogP contribution in [0.1, 0.15) is 50.6 Å². The molecule has 2 unspecified atom stereocenters. The molecule has 1 aliphatic heterocycles. The average Bonchev–Trinajstić information content (AvgIpc) is 3.14. The van der Waals surface area contributed by atoms with Gasteiger partial charge in [-0.25, -0.2) is 0 Å². The standard InChI is InChI=1S/C21H27N3O4/c1-14(25)23-19(16-6-3-2-4-7-16)21(28)24-11-5-8-18(24)20(27)22-10-9-15-12-17(26)13-15/h2-4,6-7,15,18-19H,5,8-13H2,1H3,(H,22,27)(H,23,25). The summed E-state index contributed by atoms with van der Waals surface area (Å²) in [7, 11) is 0. The van der Waals surface area contributed by atoms with Gasteiger partial charge >= 0.3 is 0 Å². The van der Waals surface area contributed by atoms with Gasteiger partial charge in [0.2, 0.25) is 17.7 Å². The molecule has 1 saturated heterocycles. The van der Waals surface area contributed by atoms with Crippen molar-refractivity contribution in [2.45, 2.75) is 51.1 Å². The van der Waals surface area contributed by atoms with Crippen LogP contribution in [0.3, 0.4) is 0 Å². The summed E-state index contributed by atoms with van der Waals surface area (Å²) < 4.78 is 0. The Labute approximate surface area is 164 Å². The van der Waals surface area contributed by atoms with Crippen LogP contribution in [0, 0.1) is 5.92 Å². The molecule has 1 saturated carbocycles. The van der Waals surface area contributed by atoms with Crippen LogP contribution in [0.2, 0.25) is 0 Å². The molecule has 0 aromatic heterocycles. The molecule has 3 rings (SSSR count). The molecule has 0 radical (unpaired) electrons. The lowest BCUT2D eigenvalue weighted by Gasteiger charge is -2.29. The minimum atomic E-state index is -0.798. The molecule has 150 valence electrons. The molecule has 1 aliphatic carbocycles. The smallest absolute Gasteiger partial charge is 0.250 e. The first-order chi connectivity index (χ1) is 13.5. The van der Waals surface area contributed by atoms with Gasteiger partial charge in [-0.2, -0.15) is 0 Å². The molecule has 2 aliphatic rings. The molecule has 2 N–H and O–H groups in total. The minimum absolute atomic E-state index is 0.161. The molecule has 0 spiro atoms. The van der Waals surface area contributed by atoms with Crippen molar-refractivity contribution in [1.82, 2.24) is 15.5 Å². The predicted octanol–water partition coefficient (Wildman–Crippen LogP) is 1.34. The van der Waals surface area contributed by atoms with E-state index in [0.29, 0.717) is 43.8 Å². The summed E-state index contributed by atoms with van der Waals surface area (Å²) in [4.78, 5) is 50.0. The zero-order valence-corrected chi connectivity index (χ0v) is 16.1. The molecule has 1 aromatic rings. The van der Waals surface area contributed by atoms with Gasteiger partial charge in [-0.15, -0.1) is 0 Å². The van der Waals surface area contributed by atoms with Crippen molar-refractivity contribution in [2.24, 2.45) is 5.92 Å². The number of rotatable bonds is 7. The Balaban J connectivity index is 1.62. The second kappa shape index (κ2) is 8.99. The van der Waals surface area contributed by atoms with Gasteiger partial charge in [0, 0.05) is 32.9 Å². The number of amides is 3. The molecule has 1 heterocycles. The fourth-order valence-electron chi connectivity index (χ4n) is 3.91. The predicted molar refractivity (Wildman–Crippen MR) is 103 cm³/mol. The van der Waals surface area contributed by atoms with Crippen molar-refractivity contribution in [3.63, 3.8) is 0 Å². The maximum absolute atomic E-state index is 13.2. The summed E-state index contributed by atoms with van der Waals surface area (Å²) in [6, 6.07) is 7.75. The summed E-state index contributed by atoms with van der Waals surface area (Å²) >= 11 is 0. The molecule has 1 aromatic carbocycles. The van der Waals surface area contributed by atoms with Crippen LogP contribution in [0.4, 0.5) is 0 Å². The molecule has 0 bridgehead atoms. The van der Waals surface area contributed by atoms with Crippen LogP contribution < -0.4 is 10.6 Å². The Morgan fingerprint density at radius 1 is 1.18 bits per heavy atom. The zero-order chi connectivity index (χ0) is 20.1. The Morgan fingerprint density at radius 2 is 1.89 bits per heavy atom. The number of hydrogen-bond donors (Lipinski definition) is 2. The summed E-state index contributed by atoms with van der Waals surface area (Å²) in [6.07, 6.45) is 3.37. The van der Waals surface area contributed by atoms with Crippen molar-refractivity contribution in [2.75, 3.05) is 13.1 Å². The molecule has 28 heavy (non-hydrogen) atoms. The second-order valence-corrected chi connectivity index (χ2v) is 7.63. The van der Waals surface area contributed by atoms with Crippen LogP contribution in [0.15, 0.2) is 30.3 Å². The summed E-state index contributed by atoms with van der Waals surface area (Å²) in [5, 5.41) is 5.63. The van der Waals surface area contributed by atoms with Gasteiger partial charge in [0.25, 0.3) is 0 Å². The van der Waals surface area contributed by atoms with E-state index in [1.54, 1.807) is 17.0 Å². The number of carbonyl (C=O) groups excluding carboxylic acids is 4. The largest absolute Gasteiger partial charge is 0.354 e. The highest BCUT2D eigenvalue weighted by atomic mass is 16.2. The van der Waals surface area contributed by atoms with Gasteiger partial charge in [0.15, 0.2) is 0 Å². The third-order valence-corrected chi connectivity index (χ3v) is 5.45. The Hall–Kier alpha value is -2.70. The third-order valence-electron chi connectivity index (χ3n) is 5.45. The fraction of sp³-hybridized carbons (Fsp3) is 0.524. The van der Waals surface area contributed by atoms with Crippen molar-refractivity contribution < 1.29 is 19.2 Å². The van der Waals surface area contributed by atoms with Crippen LogP contribution in [-0.4, -0.2) is 47.5 Å². The van der Waals surface area contributed by atoms with E-state index in [1.165, 1.54) is 6.92 Å². The number of nitrogens with zero attached hydrogens (tertiary/aromatic N) is 1. The number of likely N-dealkylation sites (tertiary alicyclic amines) is 1. The van der Waals surface area contributed by atoms with Crippen molar-refractivity contribution in [3.8, 4) is 0 Å². The molecule has 3 amide bonds. The Kier molecular flexibility index (Phi) is 6.44. The van der Waals surface area contributed by atoms with E-state index < -0.39 is 12.1 Å². The highest BCUT2D eigenvalue weighted by molar-refractivity contribution is 5.93. The summed E-state index contributed by atoms with van der Waals surface area (Å²) in [5.41, 5.74) is 0.698. The molecular formula is C21H27N3O4. The molecule has 7 nitrogen and oxygen atoms in total. The Bertz CT molecular complexity index is 741. The number of Topliss-reactive ketones (excluding diaryl/α,β-unsaturated/α-hetero) is 1. The first-order valence-corrected chi connectivity index (χ1v) is 9.87. The van der Waals surface area contributed by atoms with Gasteiger partial charge in [0.1, 0.15) is 17.9 Å². The van der Waals surface area contributed by atoms with Crippen molar-refractivity contribution in [3.05, 3.63) is 35.9 Å². The number of hydrogen-bond acceptors (Lipinski definition) is 4. The lowest BCUT2D eigenvalue weighted by atomic mass is 9.82. The van der Waals surface area contributed by atoms with E-state index in [9.17, 15) is 19.2 Å².